The summed E-state index contributed by atoms with van der Waals surface area (Å²) >= 11 is 0. The highest BCUT2D eigenvalue weighted by atomic mass is 19.1. The third-order valence-corrected chi connectivity index (χ3v) is 3.04. The molecule has 2 aromatic rings. The molecule has 0 saturated heterocycles. The molecule has 0 heterocycles. The summed E-state index contributed by atoms with van der Waals surface area (Å²) in [6.45, 7) is 2.23. The number of halogens is 1. The summed E-state index contributed by atoms with van der Waals surface area (Å²) in [7, 11) is 1.59. The molecule has 0 aliphatic rings. The molecular formula is C17H20FN3O2. The maximum Gasteiger partial charge on any atom is 0.193 e. The van der Waals surface area contributed by atoms with Gasteiger partial charge in [-0.25, -0.2) is 9.38 Å². The minimum absolute atomic E-state index is 0.196. The molecule has 0 aliphatic carbocycles. The number of rotatable bonds is 6. The van der Waals surface area contributed by atoms with Crippen LogP contribution in [-0.2, 0) is 0 Å². The lowest BCUT2D eigenvalue weighted by atomic mass is 10.3. The fourth-order valence-corrected chi connectivity index (χ4v) is 1.94. The van der Waals surface area contributed by atoms with Crippen LogP contribution in [-0.4, -0.2) is 25.7 Å². The lowest BCUT2D eigenvalue weighted by molar-refractivity contribution is 0.230. The average molecular weight is 317 g/mol. The summed E-state index contributed by atoms with van der Waals surface area (Å²) in [6, 6.07) is 13.3. The molecule has 0 amide bonds. The SMILES string of the molecule is COc1ccccc1NC(N)=NCC(C)Oc1ccc(F)cc1. The number of anilines is 1. The molecule has 0 spiro atoms. The fourth-order valence-electron chi connectivity index (χ4n) is 1.94. The topological polar surface area (TPSA) is 68.9 Å². The van der Waals surface area contributed by atoms with Gasteiger partial charge in [0.2, 0.25) is 0 Å². The van der Waals surface area contributed by atoms with Crippen molar-refractivity contribution in [2.24, 2.45) is 10.7 Å². The molecule has 0 aliphatic heterocycles. The largest absolute Gasteiger partial charge is 0.495 e. The Kier molecular flexibility index (Phi) is 5.80. The molecule has 2 aromatic carbocycles. The number of para-hydroxylation sites is 2. The summed E-state index contributed by atoms with van der Waals surface area (Å²) in [4.78, 5) is 4.24. The van der Waals surface area contributed by atoms with E-state index in [-0.39, 0.29) is 17.9 Å². The summed E-state index contributed by atoms with van der Waals surface area (Å²) in [5, 5.41) is 2.99. The highest BCUT2D eigenvalue weighted by Crippen LogP contribution is 2.22. The van der Waals surface area contributed by atoms with E-state index in [0.29, 0.717) is 18.0 Å². The first-order valence-corrected chi connectivity index (χ1v) is 7.20. The van der Waals surface area contributed by atoms with E-state index in [4.69, 9.17) is 15.2 Å². The average Bonchev–Trinajstić information content (AvgIpc) is 2.55. The van der Waals surface area contributed by atoms with Crippen LogP contribution in [0.4, 0.5) is 10.1 Å². The predicted molar refractivity (Wildman–Crippen MR) is 89.6 cm³/mol. The second kappa shape index (κ2) is 8.03. The first kappa shape index (κ1) is 16.6. The maximum absolute atomic E-state index is 12.8. The maximum atomic E-state index is 12.8. The highest BCUT2D eigenvalue weighted by molar-refractivity contribution is 5.93. The van der Waals surface area contributed by atoms with E-state index in [2.05, 4.69) is 10.3 Å². The van der Waals surface area contributed by atoms with Gasteiger partial charge in [0, 0.05) is 0 Å². The van der Waals surface area contributed by atoms with Crippen LogP contribution in [0.3, 0.4) is 0 Å². The number of nitrogens with one attached hydrogen (secondary N) is 1. The monoisotopic (exact) mass is 317 g/mol. The first-order valence-electron chi connectivity index (χ1n) is 7.20. The predicted octanol–water partition coefficient (Wildman–Crippen LogP) is 3.03. The quantitative estimate of drug-likeness (QED) is 0.635. The Bertz CT molecular complexity index is 659. The molecule has 0 fully saturated rings. The van der Waals surface area contributed by atoms with Crippen molar-refractivity contribution < 1.29 is 13.9 Å². The highest BCUT2D eigenvalue weighted by Gasteiger charge is 2.05. The summed E-state index contributed by atoms with van der Waals surface area (Å²) < 4.78 is 23.7. The molecule has 1 unspecified atom stereocenters. The number of methoxy groups -OCH3 is 1. The van der Waals surface area contributed by atoms with Gasteiger partial charge in [-0.05, 0) is 43.3 Å². The Morgan fingerprint density at radius 3 is 2.61 bits per heavy atom. The number of nitrogens with two attached hydrogens (primary N) is 1. The van der Waals surface area contributed by atoms with Crippen LogP contribution in [0, 0.1) is 5.82 Å². The standard InChI is InChI=1S/C17H20FN3O2/c1-12(23-14-9-7-13(18)8-10-14)11-20-17(19)21-15-5-3-4-6-16(15)22-2/h3-10,12H,11H2,1-2H3,(H3,19,20,21). The fraction of sp³-hybridized carbons (Fsp3) is 0.235. The zero-order valence-electron chi connectivity index (χ0n) is 13.1. The number of benzene rings is 2. The van der Waals surface area contributed by atoms with Crippen LogP contribution < -0.4 is 20.5 Å². The van der Waals surface area contributed by atoms with E-state index < -0.39 is 0 Å². The van der Waals surface area contributed by atoms with Gasteiger partial charge in [0.1, 0.15) is 23.4 Å². The lowest BCUT2D eigenvalue weighted by Crippen LogP contribution is -2.26. The van der Waals surface area contributed by atoms with Crippen molar-refractivity contribution in [3.8, 4) is 11.5 Å². The second-order valence-corrected chi connectivity index (χ2v) is 4.93. The zero-order chi connectivity index (χ0) is 16.7. The third kappa shape index (κ3) is 5.18. The number of ether oxygens (including phenoxy) is 2. The number of nitrogens with zero attached hydrogens (tertiary/aromatic N) is 1. The van der Waals surface area contributed by atoms with Gasteiger partial charge in [-0.1, -0.05) is 12.1 Å². The lowest BCUT2D eigenvalue weighted by Gasteiger charge is -2.14. The number of guanidine groups is 1. The Hall–Kier alpha value is -2.76. The second-order valence-electron chi connectivity index (χ2n) is 4.93. The molecule has 3 N–H and O–H groups in total. The molecule has 0 radical (unpaired) electrons. The van der Waals surface area contributed by atoms with Crippen molar-refractivity contribution in [1.82, 2.24) is 0 Å². The van der Waals surface area contributed by atoms with Crippen molar-refractivity contribution in [1.29, 1.82) is 0 Å². The van der Waals surface area contributed by atoms with E-state index >= 15 is 0 Å². The van der Waals surface area contributed by atoms with Gasteiger partial charge in [0.15, 0.2) is 5.96 Å². The molecule has 23 heavy (non-hydrogen) atoms. The van der Waals surface area contributed by atoms with Crippen molar-refractivity contribution in [2.75, 3.05) is 19.0 Å². The van der Waals surface area contributed by atoms with Crippen LogP contribution in [0.2, 0.25) is 0 Å². The molecule has 0 saturated carbocycles. The first-order chi connectivity index (χ1) is 11.1. The minimum atomic E-state index is -0.298. The summed E-state index contributed by atoms with van der Waals surface area (Å²) in [5.41, 5.74) is 6.61. The number of hydrogen-bond acceptors (Lipinski definition) is 3. The van der Waals surface area contributed by atoms with Gasteiger partial charge in [-0.3, -0.25) is 0 Å². The molecule has 5 nitrogen and oxygen atoms in total. The smallest absolute Gasteiger partial charge is 0.193 e. The van der Waals surface area contributed by atoms with E-state index in [1.54, 1.807) is 19.2 Å². The molecule has 122 valence electrons. The minimum Gasteiger partial charge on any atom is -0.495 e. The molecule has 6 heteroatoms. The normalized spacial score (nSPS) is 12.6. The van der Waals surface area contributed by atoms with Gasteiger partial charge in [-0.2, -0.15) is 0 Å². The number of hydrogen-bond donors (Lipinski definition) is 2. The number of aliphatic imine (C=N–C) groups is 1. The van der Waals surface area contributed by atoms with Gasteiger partial charge in [-0.15, -0.1) is 0 Å². The Labute approximate surface area is 134 Å². The van der Waals surface area contributed by atoms with Crippen LogP contribution in [0.5, 0.6) is 11.5 Å². The Balaban J connectivity index is 1.89. The van der Waals surface area contributed by atoms with E-state index in [0.717, 1.165) is 5.69 Å². The Morgan fingerprint density at radius 1 is 1.22 bits per heavy atom. The molecule has 1 atom stereocenters. The van der Waals surface area contributed by atoms with Crippen molar-refractivity contribution in [3.05, 3.63) is 54.3 Å². The van der Waals surface area contributed by atoms with Crippen LogP contribution in [0.1, 0.15) is 6.92 Å². The van der Waals surface area contributed by atoms with Gasteiger partial charge < -0.3 is 20.5 Å². The molecular weight excluding hydrogens is 297 g/mol. The summed E-state index contributed by atoms with van der Waals surface area (Å²) in [5.74, 6) is 1.24. The third-order valence-electron chi connectivity index (χ3n) is 3.04. The molecule has 0 bridgehead atoms. The van der Waals surface area contributed by atoms with Crippen molar-refractivity contribution >= 4 is 11.6 Å². The van der Waals surface area contributed by atoms with Gasteiger partial charge in [0.05, 0.1) is 19.3 Å². The molecule has 2 rings (SSSR count). The van der Waals surface area contributed by atoms with Crippen LogP contribution in [0.15, 0.2) is 53.5 Å². The van der Waals surface area contributed by atoms with Crippen LogP contribution in [0.25, 0.3) is 0 Å². The van der Waals surface area contributed by atoms with Crippen molar-refractivity contribution in [3.63, 3.8) is 0 Å². The molecule has 0 aromatic heterocycles. The van der Waals surface area contributed by atoms with Gasteiger partial charge >= 0.3 is 0 Å². The summed E-state index contributed by atoms with van der Waals surface area (Å²) in [6.07, 6.45) is -0.196. The van der Waals surface area contributed by atoms with Gasteiger partial charge in [0.25, 0.3) is 0 Å². The van der Waals surface area contributed by atoms with E-state index in [9.17, 15) is 4.39 Å². The van der Waals surface area contributed by atoms with Crippen LogP contribution >= 0.6 is 0 Å². The van der Waals surface area contributed by atoms with Crippen molar-refractivity contribution in [2.45, 2.75) is 13.0 Å². The Morgan fingerprint density at radius 2 is 1.91 bits per heavy atom. The van der Waals surface area contributed by atoms with E-state index in [1.165, 1.54) is 12.1 Å². The zero-order valence-corrected chi connectivity index (χ0v) is 13.1. The van der Waals surface area contributed by atoms with E-state index in [1.807, 2.05) is 31.2 Å².